The van der Waals surface area contributed by atoms with Crippen LogP contribution in [0, 0.1) is 11.8 Å². The minimum Gasteiger partial charge on any atom is -0.372 e. The largest absolute Gasteiger partial charge is 0.372 e. The SMILES string of the molecule is CCNC(=O)C(c1ccccc1)C1CCN(c2ccc(NC(=O)C(C)C)cc2)CC1. The maximum atomic E-state index is 12.8. The van der Waals surface area contributed by atoms with E-state index < -0.39 is 0 Å². The van der Waals surface area contributed by atoms with Gasteiger partial charge >= 0.3 is 0 Å². The number of piperidine rings is 1. The molecule has 1 saturated heterocycles. The molecular weight excluding hydrogens is 374 g/mol. The van der Waals surface area contributed by atoms with Crippen LogP contribution in [0.15, 0.2) is 54.6 Å². The standard InChI is InChI=1S/C25H33N3O2/c1-4-26-25(30)23(19-8-6-5-7-9-19)20-14-16-28(17-15-20)22-12-10-21(11-13-22)27-24(29)18(2)3/h5-13,18,20,23H,4,14-17H2,1-3H3,(H,26,30)(H,27,29). The molecule has 1 heterocycles. The Bertz CT molecular complexity index is 825. The van der Waals surface area contributed by atoms with Crippen molar-refractivity contribution in [1.29, 1.82) is 0 Å². The van der Waals surface area contributed by atoms with Crippen LogP contribution in [0.4, 0.5) is 11.4 Å². The van der Waals surface area contributed by atoms with Gasteiger partial charge in [-0.3, -0.25) is 9.59 Å². The van der Waals surface area contributed by atoms with Gasteiger partial charge in [-0.25, -0.2) is 0 Å². The van der Waals surface area contributed by atoms with Crippen LogP contribution < -0.4 is 15.5 Å². The predicted molar refractivity (Wildman–Crippen MR) is 123 cm³/mol. The number of benzene rings is 2. The lowest BCUT2D eigenvalue weighted by Gasteiger charge is -2.37. The van der Waals surface area contributed by atoms with Crippen LogP contribution in [0.3, 0.4) is 0 Å². The number of hydrogen-bond acceptors (Lipinski definition) is 3. The predicted octanol–water partition coefficient (Wildman–Crippen LogP) is 4.42. The first-order valence-corrected chi connectivity index (χ1v) is 11.0. The monoisotopic (exact) mass is 407 g/mol. The topological polar surface area (TPSA) is 61.4 Å². The number of hydrogen-bond donors (Lipinski definition) is 2. The lowest BCUT2D eigenvalue weighted by molar-refractivity contribution is -0.124. The van der Waals surface area contributed by atoms with Gasteiger partial charge in [-0.1, -0.05) is 44.2 Å². The molecule has 2 amide bonds. The second-order valence-electron chi connectivity index (χ2n) is 8.30. The quantitative estimate of drug-likeness (QED) is 0.714. The molecule has 2 N–H and O–H groups in total. The maximum absolute atomic E-state index is 12.8. The summed E-state index contributed by atoms with van der Waals surface area (Å²) in [6, 6.07) is 18.2. The molecule has 1 unspecified atom stereocenters. The third-order valence-electron chi connectivity index (χ3n) is 5.83. The van der Waals surface area contributed by atoms with Gasteiger partial charge in [0, 0.05) is 36.9 Å². The van der Waals surface area contributed by atoms with E-state index in [4.69, 9.17) is 0 Å². The van der Waals surface area contributed by atoms with Gasteiger partial charge in [0.25, 0.3) is 0 Å². The molecule has 1 fully saturated rings. The fraction of sp³-hybridized carbons (Fsp3) is 0.440. The molecule has 5 nitrogen and oxygen atoms in total. The van der Waals surface area contributed by atoms with Crippen LogP contribution >= 0.6 is 0 Å². The molecule has 160 valence electrons. The third kappa shape index (κ3) is 5.41. The van der Waals surface area contributed by atoms with Crippen LogP contribution in [0.5, 0.6) is 0 Å². The Morgan fingerprint density at radius 3 is 2.17 bits per heavy atom. The first-order chi connectivity index (χ1) is 14.5. The summed E-state index contributed by atoms with van der Waals surface area (Å²) < 4.78 is 0. The highest BCUT2D eigenvalue weighted by Gasteiger charge is 2.32. The van der Waals surface area contributed by atoms with Gasteiger partial charge in [0.15, 0.2) is 0 Å². The number of nitrogens with one attached hydrogen (secondary N) is 2. The normalized spacial score (nSPS) is 15.7. The highest BCUT2D eigenvalue weighted by Crippen LogP contribution is 2.34. The maximum Gasteiger partial charge on any atom is 0.227 e. The fourth-order valence-electron chi connectivity index (χ4n) is 4.12. The summed E-state index contributed by atoms with van der Waals surface area (Å²) in [7, 11) is 0. The summed E-state index contributed by atoms with van der Waals surface area (Å²) in [6.07, 6.45) is 1.95. The Morgan fingerprint density at radius 1 is 0.967 bits per heavy atom. The van der Waals surface area contributed by atoms with Gasteiger partial charge in [-0.05, 0) is 55.5 Å². The number of carbonyl (C=O) groups excluding carboxylic acids is 2. The van der Waals surface area contributed by atoms with Crippen molar-refractivity contribution in [1.82, 2.24) is 5.32 Å². The first-order valence-electron chi connectivity index (χ1n) is 11.0. The zero-order chi connectivity index (χ0) is 21.5. The lowest BCUT2D eigenvalue weighted by Crippen LogP contribution is -2.40. The molecule has 2 aromatic carbocycles. The molecule has 1 aliphatic heterocycles. The lowest BCUT2D eigenvalue weighted by atomic mass is 9.79. The van der Waals surface area contributed by atoms with Gasteiger partial charge in [0.2, 0.25) is 11.8 Å². The number of rotatable bonds is 7. The highest BCUT2D eigenvalue weighted by molar-refractivity contribution is 5.92. The van der Waals surface area contributed by atoms with Crippen LogP contribution in [-0.2, 0) is 9.59 Å². The summed E-state index contributed by atoms with van der Waals surface area (Å²) in [6.45, 7) is 8.24. The molecule has 5 heteroatoms. The molecule has 0 bridgehead atoms. The minimum absolute atomic E-state index is 0.0286. The van der Waals surface area contributed by atoms with Crippen LogP contribution in [0.1, 0.15) is 45.1 Å². The zero-order valence-corrected chi connectivity index (χ0v) is 18.2. The van der Waals surface area contributed by atoms with Crippen molar-refractivity contribution in [3.8, 4) is 0 Å². The Kier molecular flexibility index (Phi) is 7.50. The van der Waals surface area contributed by atoms with E-state index in [-0.39, 0.29) is 23.7 Å². The average Bonchev–Trinajstić information content (AvgIpc) is 2.76. The van der Waals surface area contributed by atoms with Crippen molar-refractivity contribution in [2.45, 2.75) is 39.5 Å². The van der Waals surface area contributed by atoms with Gasteiger partial charge in [-0.15, -0.1) is 0 Å². The smallest absolute Gasteiger partial charge is 0.227 e. The molecule has 1 aliphatic rings. The van der Waals surface area contributed by atoms with Crippen molar-refractivity contribution in [3.63, 3.8) is 0 Å². The van der Waals surface area contributed by atoms with Crippen LogP contribution in [0.2, 0.25) is 0 Å². The van der Waals surface area contributed by atoms with E-state index in [2.05, 4.69) is 39.8 Å². The van der Waals surface area contributed by atoms with E-state index in [1.54, 1.807) is 0 Å². The Hall–Kier alpha value is -2.82. The van der Waals surface area contributed by atoms with E-state index in [9.17, 15) is 9.59 Å². The zero-order valence-electron chi connectivity index (χ0n) is 18.2. The molecule has 1 atom stereocenters. The molecule has 0 spiro atoms. The molecule has 0 aromatic heterocycles. The molecule has 0 aliphatic carbocycles. The molecule has 3 rings (SSSR count). The number of anilines is 2. The first kappa shape index (κ1) is 21.9. The fourth-order valence-corrected chi connectivity index (χ4v) is 4.12. The summed E-state index contributed by atoms with van der Waals surface area (Å²) >= 11 is 0. The van der Waals surface area contributed by atoms with Crippen molar-refractivity contribution in [2.24, 2.45) is 11.8 Å². The minimum atomic E-state index is -0.0954. The molecule has 2 aromatic rings. The molecule has 0 saturated carbocycles. The molecule has 30 heavy (non-hydrogen) atoms. The second-order valence-corrected chi connectivity index (χ2v) is 8.30. The Labute approximate surface area is 179 Å². The van der Waals surface area contributed by atoms with E-state index in [1.807, 2.05) is 51.1 Å². The third-order valence-corrected chi connectivity index (χ3v) is 5.83. The summed E-state index contributed by atoms with van der Waals surface area (Å²) in [4.78, 5) is 27.0. The summed E-state index contributed by atoms with van der Waals surface area (Å²) in [5, 5.41) is 5.96. The highest BCUT2D eigenvalue weighted by atomic mass is 16.2. The van der Waals surface area contributed by atoms with Gasteiger partial charge in [-0.2, -0.15) is 0 Å². The van der Waals surface area contributed by atoms with Gasteiger partial charge in [0.1, 0.15) is 0 Å². The number of likely N-dealkylation sites (N-methyl/N-ethyl adjacent to an activating group) is 1. The van der Waals surface area contributed by atoms with E-state index in [0.717, 1.165) is 42.9 Å². The van der Waals surface area contributed by atoms with Crippen molar-refractivity contribution >= 4 is 23.2 Å². The van der Waals surface area contributed by atoms with Crippen molar-refractivity contribution < 1.29 is 9.59 Å². The van der Waals surface area contributed by atoms with Crippen LogP contribution in [0.25, 0.3) is 0 Å². The molecule has 0 radical (unpaired) electrons. The van der Waals surface area contributed by atoms with Crippen molar-refractivity contribution in [2.75, 3.05) is 29.9 Å². The second kappa shape index (κ2) is 10.3. The molecular formula is C25H33N3O2. The van der Waals surface area contributed by atoms with E-state index in [0.29, 0.717) is 12.5 Å². The van der Waals surface area contributed by atoms with Gasteiger partial charge < -0.3 is 15.5 Å². The average molecular weight is 408 g/mol. The summed E-state index contributed by atoms with van der Waals surface area (Å²) in [5.74, 6) is 0.362. The number of carbonyl (C=O) groups is 2. The van der Waals surface area contributed by atoms with Crippen LogP contribution in [-0.4, -0.2) is 31.4 Å². The number of nitrogens with zero attached hydrogens (tertiary/aromatic N) is 1. The van der Waals surface area contributed by atoms with Crippen molar-refractivity contribution in [3.05, 3.63) is 60.2 Å². The Balaban J connectivity index is 1.64. The van der Waals surface area contributed by atoms with E-state index >= 15 is 0 Å². The van der Waals surface area contributed by atoms with E-state index in [1.165, 1.54) is 0 Å². The number of amides is 2. The van der Waals surface area contributed by atoms with Gasteiger partial charge in [0.05, 0.1) is 5.92 Å². The summed E-state index contributed by atoms with van der Waals surface area (Å²) in [5.41, 5.74) is 3.09. The Morgan fingerprint density at radius 2 is 1.60 bits per heavy atom.